The summed E-state index contributed by atoms with van der Waals surface area (Å²) < 4.78 is 14.5. The van der Waals surface area contributed by atoms with Gasteiger partial charge < -0.3 is 4.90 Å². The second kappa shape index (κ2) is 6.86. The fourth-order valence-electron chi connectivity index (χ4n) is 3.66. The predicted octanol–water partition coefficient (Wildman–Crippen LogP) is 4.47. The minimum absolute atomic E-state index is 0.145. The van der Waals surface area contributed by atoms with E-state index in [2.05, 4.69) is 10.3 Å². The Hall–Kier alpha value is -2.76. The quantitative estimate of drug-likeness (QED) is 0.684. The molecular formula is C20H21FN4O. The molecule has 0 spiro atoms. The van der Waals surface area contributed by atoms with Crippen LogP contribution in [0.2, 0.25) is 0 Å². The van der Waals surface area contributed by atoms with E-state index in [4.69, 9.17) is 0 Å². The van der Waals surface area contributed by atoms with Crippen molar-refractivity contribution in [2.24, 2.45) is 0 Å². The summed E-state index contributed by atoms with van der Waals surface area (Å²) in [6, 6.07) is 12.1. The summed E-state index contributed by atoms with van der Waals surface area (Å²) in [6.45, 7) is 0. The van der Waals surface area contributed by atoms with Crippen LogP contribution in [0.3, 0.4) is 0 Å². The number of carbonyl (C=O) groups excluding carboxylic acids is 1. The monoisotopic (exact) mass is 352 g/mol. The number of fused-ring (bicyclic) bond motifs is 1. The number of hydrogen-bond acceptors (Lipinski definition) is 3. The summed E-state index contributed by atoms with van der Waals surface area (Å²) in [4.78, 5) is 14.6. The molecule has 1 heterocycles. The van der Waals surface area contributed by atoms with Crippen molar-refractivity contribution in [1.82, 2.24) is 19.9 Å². The van der Waals surface area contributed by atoms with Crippen molar-refractivity contribution in [3.8, 4) is 11.1 Å². The van der Waals surface area contributed by atoms with Gasteiger partial charge in [-0.2, -0.15) is 4.68 Å². The zero-order chi connectivity index (χ0) is 18.1. The highest BCUT2D eigenvalue weighted by Gasteiger charge is 2.25. The van der Waals surface area contributed by atoms with Gasteiger partial charge in [0.1, 0.15) is 11.3 Å². The molecule has 6 heteroatoms. The van der Waals surface area contributed by atoms with E-state index in [1.54, 1.807) is 17.0 Å². The van der Waals surface area contributed by atoms with Gasteiger partial charge >= 0.3 is 6.03 Å². The number of nitrogens with zero attached hydrogens (tertiary/aromatic N) is 4. The molecule has 26 heavy (non-hydrogen) atoms. The third kappa shape index (κ3) is 3.07. The van der Waals surface area contributed by atoms with Crippen molar-refractivity contribution in [3.63, 3.8) is 0 Å². The molecule has 1 aliphatic carbocycles. The van der Waals surface area contributed by atoms with Crippen molar-refractivity contribution in [3.05, 3.63) is 48.3 Å². The molecule has 0 atom stereocenters. The average Bonchev–Trinajstić information content (AvgIpc) is 3.11. The molecule has 1 amide bonds. The maximum Gasteiger partial charge on any atom is 0.346 e. The van der Waals surface area contributed by atoms with Crippen LogP contribution in [0.1, 0.15) is 32.1 Å². The van der Waals surface area contributed by atoms with Crippen LogP contribution >= 0.6 is 0 Å². The molecule has 0 unspecified atom stereocenters. The summed E-state index contributed by atoms with van der Waals surface area (Å²) in [5, 5.41) is 8.24. The SMILES string of the molecule is CN(C(=O)n1nnc2cc(-c3ccc(F)cc3)ccc21)C1CCCCC1. The van der Waals surface area contributed by atoms with Crippen molar-refractivity contribution >= 4 is 17.1 Å². The van der Waals surface area contributed by atoms with E-state index in [1.807, 2.05) is 25.2 Å². The van der Waals surface area contributed by atoms with Crippen LogP contribution in [0.25, 0.3) is 22.2 Å². The molecule has 1 aliphatic rings. The molecule has 0 saturated heterocycles. The zero-order valence-electron chi connectivity index (χ0n) is 14.7. The van der Waals surface area contributed by atoms with E-state index in [0.717, 1.165) is 24.0 Å². The minimum atomic E-state index is -0.267. The Labute approximate surface area is 151 Å². The molecule has 0 N–H and O–H groups in total. The Kier molecular flexibility index (Phi) is 4.41. The number of hydrogen-bond donors (Lipinski definition) is 0. The van der Waals surface area contributed by atoms with Crippen molar-refractivity contribution in [2.45, 2.75) is 38.1 Å². The van der Waals surface area contributed by atoms with Crippen molar-refractivity contribution < 1.29 is 9.18 Å². The van der Waals surface area contributed by atoms with Gasteiger partial charge in [0, 0.05) is 13.1 Å². The predicted molar refractivity (Wildman–Crippen MR) is 98.4 cm³/mol. The highest BCUT2D eigenvalue weighted by atomic mass is 19.1. The number of carbonyl (C=O) groups is 1. The topological polar surface area (TPSA) is 51.0 Å². The van der Waals surface area contributed by atoms with Gasteiger partial charge in [0.15, 0.2) is 0 Å². The van der Waals surface area contributed by atoms with E-state index in [1.165, 1.54) is 36.1 Å². The first kappa shape index (κ1) is 16.7. The minimum Gasteiger partial charge on any atom is -0.323 e. The molecule has 134 valence electrons. The second-order valence-electron chi connectivity index (χ2n) is 6.90. The maximum absolute atomic E-state index is 13.1. The summed E-state index contributed by atoms with van der Waals surface area (Å²) in [7, 11) is 1.85. The number of amides is 1. The first-order valence-corrected chi connectivity index (χ1v) is 9.02. The second-order valence-corrected chi connectivity index (χ2v) is 6.90. The third-order valence-corrected chi connectivity index (χ3v) is 5.23. The van der Waals surface area contributed by atoms with Gasteiger partial charge in [0.05, 0.1) is 5.52 Å². The Morgan fingerprint density at radius 1 is 1.08 bits per heavy atom. The highest BCUT2D eigenvalue weighted by molar-refractivity contribution is 5.90. The van der Waals surface area contributed by atoms with E-state index < -0.39 is 0 Å². The fourth-order valence-corrected chi connectivity index (χ4v) is 3.66. The van der Waals surface area contributed by atoms with E-state index in [9.17, 15) is 9.18 Å². The lowest BCUT2D eigenvalue weighted by Gasteiger charge is -2.30. The largest absolute Gasteiger partial charge is 0.346 e. The summed E-state index contributed by atoms with van der Waals surface area (Å²) in [5.74, 6) is -0.267. The number of aromatic nitrogens is 3. The number of benzene rings is 2. The van der Waals surface area contributed by atoms with Gasteiger partial charge in [-0.05, 0) is 48.2 Å². The van der Waals surface area contributed by atoms with Crippen LogP contribution < -0.4 is 0 Å². The van der Waals surface area contributed by atoms with Gasteiger partial charge in [-0.25, -0.2) is 9.18 Å². The normalized spacial score (nSPS) is 15.3. The Bertz CT molecular complexity index is 929. The van der Waals surface area contributed by atoms with Gasteiger partial charge in [0.25, 0.3) is 0 Å². The molecule has 0 radical (unpaired) electrons. The van der Waals surface area contributed by atoms with Gasteiger partial charge in [-0.15, -0.1) is 5.10 Å². The Balaban J connectivity index is 1.62. The standard InChI is InChI=1S/C20H21FN4O/c1-24(17-5-3-2-4-6-17)20(26)25-19-12-9-15(13-18(19)22-23-25)14-7-10-16(21)11-8-14/h7-13,17H,2-6H2,1H3. The molecule has 2 aromatic carbocycles. The molecule has 0 aliphatic heterocycles. The first-order valence-electron chi connectivity index (χ1n) is 9.02. The lowest BCUT2D eigenvalue weighted by Crippen LogP contribution is -2.41. The molecule has 1 aromatic heterocycles. The molecular weight excluding hydrogens is 331 g/mol. The molecule has 5 nitrogen and oxygen atoms in total. The van der Waals surface area contributed by atoms with Gasteiger partial charge in [0.2, 0.25) is 0 Å². The van der Waals surface area contributed by atoms with Crippen molar-refractivity contribution in [2.75, 3.05) is 7.05 Å². The first-order chi connectivity index (χ1) is 12.6. The Morgan fingerprint density at radius 2 is 1.77 bits per heavy atom. The van der Waals surface area contributed by atoms with Gasteiger partial charge in [-0.1, -0.05) is 42.7 Å². The Morgan fingerprint density at radius 3 is 2.50 bits per heavy atom. The zero-order valence-corrected chi connectivity index (χ0v) is 14.7. The molecule has 3 aromatic rings. The van der Waals surface area contributed by atoms with Crippen LogP contribution in [0.5, 0.6) is 0 Å². The highest BCUT2D eigenvalue weighted by Crippen LogP contribution is 2.25. The van der Waals surface area contributed by atoms with E-state index in [-0.39, 0.29) is 17.9 Å². The molecule has 1 fully saturated rings. The summed E-state index contributed by atoms with van der Waals surface area (Å²) >= 11 is 0. The lowest BCUT2D eigenvalue weighted by atomic mass is 9.95. The summed E-state index contributed by atoms with van der Waals surface area (Å²) in [5.41, 5.74) is 3.15. The summed E-state index contributed by atoms with van der Waals surface area (Å²) in [6.07, 6.45) is 5.67. The fraction of sp³-hybridized carbons (Fsp3) is 0.350. The number of halogens is 1. The number of rotatable bonds is 2. The van der Waals surface area contributed by atoms with Gasteiger partial charge in [-0.3, -0.25) is 0 Å². The lowest BCUT2D eigenvalue weighted by molar-refractivity contribution is 0.173. The van der Waals surface area contributed by atoms with Crippen LogP contribution in [-0.2, 0) is 0 Å². The maximum atomic E-state index is 13.1. The van der Waals surface area contributed by atoms with Crippen LogP contribution in [-0.4, -0.2) is 39.0 Å². The average molecular weight is 352 g/mol. The molecule has 1 saturated carbocycles. The van der Waals surface area contributed by atoms with Crippen molar-refractivity contribution in [1.29, 1.82) is 0 Å². The molecule has 0 bridgehead atoms. The van der Waals surface area contributed by atoms with E-state index in [0.29, 0.717) is 11.0 Å². The van der Waals surface area contributed by atoms with Crippen LogP contribution in [0, 0.1) is 5.82 Å². The van der Waals surface area contributed by atoms with Crippen LogP contribution in [0.4, 0.5) is 9.18 Å². The molecule has 4 rings (SSSR count). The smallest absolute Gasteiger partial charge is 0.323 e. The third-order valence-electron chi connectivity index (χ3n) is 5.23. The van der Waals surface area contributed by atoms with Crippen LogP contribution in [0.15, 0.2) is 42.5 Å². The van der Waals surface area contributed by atoms with E-state index >= 15 is 0 Å².